The molecule has 10 heteroatoms. The minimum absolute atomic E-state index is 0.00134. The summed E-state index contributed by atoms with van der Waals surface area (Å²) < 4.78 is 32.8. The van der Waals surface area contributed by atoms with E-state index in [-0.39, 0.29) is 11.5 Å². The first-order valence-electron chi connectivity index (χ1n) is 14.4. The van der Waals surface area contributed by atoms with Crippen LogP contribution >= 0.6 is 0 Å². The third-order valence-electron chi connectivity index (χ3n) is 8.12. The summed E-state index contributed by atoms with van der Waals surface area (Å²) in [7, 11) is -1.60. The van der Waals surface area contributed by atoms with Gasteiger partial charge in [-0.3, -0.25) is 4.79 Å². The lowest BCUT2D eigenvalue weighted by Gasteiger charge is -2.21. The van der Waals surface area contributed by atoms with Crippen molar-refractivity contribution in [3.63, 3.8) is 0 Å². The Bertz CT molecular complexity index is 1500. The van der Waals surface area contributed by atoms with Gasteiger partial charge in [0.1, 0.15) is 5.75 Å². The van der Waals surface area contributed by atoms with Gasteiger partial charge in [-0.15, -0.1) is 0 Å². The van der Waals surface area contributed by atoms with Crippen molar-refractivity contribution in [1.82, 2.24) is 15.3 Å². The highest BCUT2D eigenvalue weighted by Gasteiger charge is 2.55. The van der Waals surface area contributed by atoms with E-state index >= 15 is 0 Å². The summed E-state index contributed by atoms with van der Waals surface area (Å²) in [6.45, 7) is 3.28. The number of carbonyl (C=O) groups is 1. The molecule has 1 amide bonds. The molecule has 2 aromatic carbocycles. The molecule has 3 aromatic rings. The first-order valence-corrected chi connectivity index (χ1v) is 15.9. The van der Waals surface area contributed by atoms with E-state index in [0.717, 1.165) is 37.7 Å². The van der Waals surface area contributed by atoms with Crippen molar-refractivity contribution in [2.75, 3.05) is 24.7 Å². The molecule has 41 heavy (non-hydrogen) atoms. The third-order valence-corrected chi connectivity index (χ3v) is 10.7. The second-order valence-corrected chi connectivity index (χ2v) is 13.7. The van der Waals surface area contributed by atoms with E-state index in [2.05, 4.69) is 27.5 Å². The largest absolute Gasteiger partial charge is 0.491 e. The fourth-order valence-electron chi connectivity index (χ4n) is 5.71. The maximum absolute atomic E-state index is 13.6. The number of benzene rings is 2. The van der Waals surface area contributed by atoms with Gasteiger partial charge in [0.05, 0.1) is 33.8 Å². The molecule has 3 heterocycles. The summed E-state index contributed by atoms with van der Waals surface area (Å²) in [6, 6.07) is 12.3. The number of rotatable bonds is 2. The van der Waals surface area contributed by atoms with E-state index in [1.54, 1.807) is 30.3 Å². The lowest BCUT2D eigenvalue weighted by Crippen LogP contribution is -2.26. The Balaban J connectivity index is 1.49. The van der Waals surface area contributed by atoms with E-state index in [1.807, 2.05) is 19.2 Å². The Morgan fingerprint density at radius 2 is 1.85 bits per heavy atom. The fourth-order valence-corrected chi connectivity index (χ4v) is 7.84. The second kappa shape index (κ2) is 12.2. The third kappa shape index (κ3) is 6.23. The molecule has 0 radical (unpaired) electrons. The van der Waals surface area contributed by atoms with Crippen LogP contribution in [0.4, 0.5) is 11.5 Å². The summed E-state index contributed by atoms with van der Waals surface area (Å²) in [5, 5.41) is 6.07. The molecule has 1 fully saturated rings. The summed E-state index contributed by atoms with van der Waals surface area (Å²) in [5.74, 6) is 0.455. The summed E-state index contributed by atoms with van der Waals surface area (Å²) >= 11 is 0. The smallest absolute Gasteiger partial charge is 0.278 e. The Morgan fingerprint density at radius 3 is 2.59 bits per heavy atom. The van der Waals surface area contributed by atoms with E-state index in [0.29, 0.717) is 65.9 Å². The van der Waals surface area contributed by atoms with E-state index in [4.69, 9.17) is 10.5 Å². The van der Waals surface area contributed by atoms with E-state index in [9.17, 15) is 13.2 Å². The first-order chi connectivity index (χ1) is 19.7. The Kier molecular flexibility index (Phi) is 8.60. The van der Waals surface area contributed by atoms with Gasteiger partial charge in [-0.05, 0) is 56.8 Å². The van der Waals surface area contributed by atoms with Crippen molar-refractivity contribution in [2.24, 2.45) is 5.92 Å². The van der Waals surface area contributed by atoms with Crippen molar-refractivity contribution >= 4 is 27.2 Å². The second-order valence-electron chi connectivity index (χ2n) is 11.3. The predicted octanol–water partition coefficient (Wildman–Crippen LogP) is 5.37. The quantitative estimate of drug-likeness (QED) is 0.370. The number of nitrogens with two attached hydrogens (primary N) is 1. The molecule has 9 nitrogen and oxygen atoms in total. The number of nitrogens with one attached hydrogen (secondary N) is 2. The number of ether oxygens (including phenoxy) is 1. The molecule has 0 saturated heterocycles. The number of nitrogens with zero attached hydrogens (tertiary/aromatic N) is 2. The highest BCUT2D eigenvalue weighted by Crippen LogP contribution is 2.51. The lowest BCUT2D eigenvalue weighted by molar-refractivity contribution is 0.102. The van der Waals surface area contributed by atoms with E-state index < -0.39 is 20.5 Å². The number of fused-ring (bicyclic) bond motifs is 11. The molecular weight excluding hydrogens is 538 g/mol. The fraction of sp³-hybridized carbons (Fsp3) is 0.452. The molecule has 1 atom stereocenters. The highest BCUT2D eigenvalue weighted by atomic mass is 32.2. The molecule has 4 bridgehead atoms. The number of carbonyl (C=O) groups excluding carboxylic acids is 1. The van der Waals surface area contributed by atoms with Crippen LogP contribution in [0.2, 0.25) is 0 Å². The average Bonchev–Trinajstić information content (AvgIpc) is 3.75. The molecule has 2 aliphatic heterocycles. The van der Waals surface area contributed by atoms with Crippen molar-refractivity contribution in [3.8, 4) is 17.0 Å². The number of aromatic nitrogens is 2. The maximum atomic E-state index is 13.6. The zero-order chi connectivity index (χ0) is 29.0. The molecular formula is C31H39N5O4S. The number of para-hydroxylation sites is 1. The summed E-state index contributed by atoms with van der Waals surface area (Å²) in [4.78, 5) is 22.4. The summed E-state index contributed by atoms with van der Waals surface area (Å²) in [6.07, 6.45) is 8.61. The topological polar surface area (TPSA) is 136 Å². The van der Waals surface area contributed by atoms with Crippen LogP contribution in [0, 0.1) is 5.92 Å². The Morgan fingerprint density at radius 1 is 1.10 bits per heavy atom. The average molecular weight is 578 g/mol. The Labute approximate surface area is 242 Å². The van der Waals surface area contributed by atoms with Gasteiger partial charge in [-0.2, -0.15) is 0 Å². The molecule has 1 unspecified atom stereocenters. The van der Waals surface area contributed by atoms with Gasteiger partial charge in [0.15, 0.2) is 21.3 Å². The molecule has 1 saturated carbocycles. The molecule has 3 aliphatic rings. The standard InChI is InChI=1S/C31H39N5O4S/c1-21-8-5-3-4-6-17-40-28-23(19-33-2)9-7-10-25(28)36-30(37)27-29(32)34-20-26(35-27)22-11-13-24(14-12-22)41(38,39)31(18-21)15-16-31/h7,9-14,20-21,33H,3-6,8,15-19H2,1-2H3,(H2,32,34)(H,36,37). The van der Waals surface area contributed by atoms with Crippen molar-refractivity contribution in [2.45, 2.75) is 74.5 Å². The highest BCUT2D eigenvalue weighted by molar-refractivity contribution is 7.93. The number of hydrogen-bond acceptors (Lipinski definition) is 8. The molecule has 1 aromatic heterocycles. The van der Waals surface area contributed by atoms with Crippen molar-refractivity contribution < 1.29 is 17.9 Å². The van der Waals surface area contributed by atoms with Crippen molar-refractivity contribution in [3.05, 3.63) is 59.9 Å². The van der Waals surface area contributed by atoms with Crippen LogP contribution in [0.3, 0.4) is 0 Å². The number of hydrogen-bond donors (Lipinski definition) is 3. The minimum atomic E-state index is -3.47. The molecule has 1 spiro atoms. The zero-order valence-electron chi connectivity index (χ0n) is 23.8. The predicted molar refractivity (Wildman–Crippen MR) is 161 cm³/mol. The zero-order valence-corrected chi connectivity index (χ0v) is 24.6. The lowest BCUT2D eigenvalue weighted by atomic mass is 9.97. The number of nitrogen functional groups attached to an aromatic ring is 1. The van der Waals surface area contributed by atoms with Crippen LogP contribution in [0.5, 0.6) is 5.75 Å². The molecule has 6 rings (SSSR count). The van der Waals surface area contributed by atoms with Gasteiger partial charge in [0.25, 0.3) is 5.91 Å². The van der Waals surface area contributed by atoms with Crippen LogP contribution in [-0.4, -0.2) is 42.7 Å². The molecule has 1 aliphatic carbocycles. The van der Waals surface area contributed by atoms with E-state index in [1.165, 1.54) is 6.20 Å². The van der Waals surface area contributed by atoms with Crippen LogP contribution < -0.4 is 21.1 Å². The van der Waals surface area contributed by atoms with Crippen LogP contribution in [-0.2, 0) is 16.4 Å². The minimum Gasteiger partial charge on any atom is -0.491 e. The van der Waals surface area contributed by atoms with Gasteiger partial charge < -0.3 is 21.1 Å². The van der Waals surface area contributed by atoms with Crippen LogP contribution in [0.15, 0.2) is 53.6 Å². The van der Waals surface area contributed by atoms with Crippen LogP contribution in [0.25, 0.3) is 11.3 Å². The van der Waals surface area contributed by atoms with Gasteiger partial charge in [-0.1, -0.05) is 56.9 Å². The van der Waals surface area contributed by atoms with Gasteiger partial charge in [-0.25, -0.2) is 18.4 Å². The molecule has 4 N–H and O–H groups in total. The molecule has 218 valence electrons. The van der Waals surface area contributed by atoms with Crippen LogP contribution in [0.1, 0.15) is 74.3 Å². The number of sulfone groups is 1. The summed E-state index contributed by atoms with van der Waals surface area (Å²) in [5.41, 5.74) is 8.60. The number of amides is 1. The normalized spacial score (nSPS) is 20.6. The Hall–Kier alpha value is -3.50. The van der Waals surface area contributed by atoms with Gasteiger partial charge in [0.2, 0.25) is 0 Å². The maximum Gasteiger partial charge on any atom is 0.278 e. The number of anilines is 2. The first kappa shape index (κ1) is 29.0. The van der Waals surface area contributed by atoms with Crippen molar-refractivity contribution in [1.29, 1.82) is 0 Å². The SMILES string of the molecule is CNCc1cccc2c1OCCCCCCC(C)CC1(CC1)S(=O)(=O)c1ccc(cc1)-c1cnc(N)c(n1)C(=O)N2. The van der Waals surface area contributed by atoms with Gasteiger partial charge >= 0.3 is 0 Å². The monoisotopic (exact) mass is 577 g/mol. The van der Waals surface area contributed by atoms with Gasteiger partial charge in [0, 0.05) is 17.7 Å².